The van der Waals surface area contributed by atoms with Crippen molar-refractivity contribution in [2.45, 2.75) is 25.1 Å². The Labute approximate surface area is 178 Å². The number of rotatable bonds is 4. The Morgan fingerprint density at radius 3 is 2.70 bits per heavy atom. The Morgan fingerprint density at radius 1 is 1.23 bits per heavy atom. The number of ether oxygens (including phenoxy) is 1. The van der Waals surface area contributed by atoms with Gasteiger partial charge in [-0.2, -0.15) is 18.3 Å². The second-order valence-corrected chi connectivity index (χ2v) is 7.61. The number of fused-ring (bicyclic) bond motifs is 1. The number of aromatic nitrogens is 3. The van der Waals surface area contributed by atoms with Gasteiger partial charge in [0.2, 0.25) is 0 Å². The van der Waals surface area contributed by atoms with Gasteiger partial charge in [-0.3, -0.25) is 4.79 Å². The predicted octanol–water partition coefficient (Wildman–Crippen LogP) is 4.63. The monoisotopic (exact) mass is 458 g/mol. The summed E-state index contributed by atoms with van der Waals surface area (Å²) < 4.78 is 47.0. The van der Waals surface area contributed by atoms with Gasteiger partial charge in [0.15, 0.2) is 17.0 Å². The molecule has 1 aliphatic heterocycles. The fraction of sp³-hybridized carbons (Fsp3) is 0.316. The summed E-state index contributed by atoms with van der Waals surface area (Å²) in [6, 6.07) is 6.47. The van der Waals surface area contributed by atoms with Crippen LogP contribution in [0.15, 0.2) is 30.3 Å². The van der Waals surface area contributed by atoms with Gasteiger partial charge in [-0.15, -0.1) is 0 Å². The molecule has 1 aromatic carbocycles. The largest absolute Gasteiger partial charge is 0.433 e. The van der Waals surface area contributed by atoms with Crippen molar-refractivity contribution in [2.75, 3.05) is 13.2 Å². The molecule has 2 aromatic heterocycles. The SMILES string of the molecule is O=C(NC[C@H]1CCCO1)c1cc2nc(-c3ccc(Cl)c(Cl)c3)cc(C(F)(F)F)n2n1. The van der Waals surface area contributed by atoms with Gasteiger partial charge >= 0.3 is 6.18 Å². The summed E-state index contributed by atoms with van der Waals surface area (Å²) in [6.07, 6.45) is -3.09. The third-order valence-corrected chi connectivity index (χ3v) is 5.42. The highest BCUT2D eigenvalue weighted by atomic mass is 35.5. The van der Waals surface area contributed by atoms with E-state index in [1.165, 1.54) is 24.3 Å². The Bertz CT molecular complexity index is 1110. The van der Waals surface area contributed by atoms with Crippen LogP contribution in [0.5, 0.6) is 0 Å². The zero-order valence-corrected chi connectivity index (χ0v) is 16.9. The van der Waals surface area contributed by atoms with Crippen molar-refractivity contribution in [1.82, 2.24) is 19.9 Å². The molecule has 3 heterocycles. The molecule has 1 N–H and O–H groups in total. The maximum absolute atomic E-state index is 13.7. The van der Waals surface area contributed by atoms with E-state index >= 15 is 0 Å². The number of alkyl halides is 3. The van der Waals surface area contributed by atoms with E-state index in [2.05, 4.69) is 15.4 Å². The van der Waals surface area contributed by atoms with Gasteiger partial charge in [-0.1, -0.05) is 29.3 Å². The molecule has 0 saturated carbocycles. The van der Waals surface area contributed by atoms with Crippen LogP contribution in [-0.4, -0.2) is 39.8 Å². The molecule has 6 nitrogen and oxygen atoms in total. The Kier molecular flexibility index (Phi) is 5.61. The number of benzene rings is 1. The number of nitrogens with one attached hydrogen (secondary N) is 1. The van der Waals surface area contributed by atoms with Gasteiger partial charge in [0, 0.05) is 24.8 Å². The van der Waals surface area contributed by atoms with Gasteiger partial charge in [0.25, 0.3) is 5.91 Å². The second-order valence-electron chi connectivity index (χ2n) is 6.80. The molecule has 158 valence electrons. The molecule has 0 bridgehead atoms. The topological polar surface area (TPSA) is 68.5 Å². The van der Waals surface area contributed by atoms with Crippen molar-refractivity contribution in [1.29, 1.82) is 0 Å². The maximum Gasteiger partial charge on any atom is 0.433 e. The molecule has 1 atom stereocenters. The van der Waals surface area contributed by atoms with E-state index in [0.29, 0.717) is 16.7 Å². The van der Waals surface area contributed by atoms with E-state index in [0.717, 1.165) is 18.9 Å². The van der Waals surface area contributed by atoms with Crippen LogP contribution in [0.4, 0.5) is 13.2 Å². The van der Waals surface area contributed by atoms with E-state index in [-0.39, 0.29) is 39.7 Å². The molecule has 1 amide bonds. The van der Waals surface area contributed by atoms with Crippen LogP contribution in [0.3, 0.4) is 0 Å². The van der Waals surface area contributed by atoms with Crippen molar-refractivity contribution in [3.63, 3.8) is 0 Å². The predicted molar refractivity (Wildman–Crippen MR) is 105 cm³/mol. The summed E-state index contributed by atoms with van der Waals surface area (Å²) in [5, 5.41) is 6.92. The van der Waals surface area contributed by atoms with Crippen LogP contribution < -0.4 is 5.32 Å². The van der Waals surface area contributed by atoms with Crippen molar-refractivity contribution >= 4 is 34.8 Å². The molecule has 0 unspecified atom stereocenters. The lowest BCUT2D eigenvalue weighted by Crippen LogP contribution is -2.32. The smallest absolute Gasteiger partial charge is 0.376 e. The van der Waals surface area contributed by atoms with Gasteiger partial charge in [-0.25, -0.2) is 9.50 Å². The lowest BCUT2D eigenvalue weighted by molar-refractivity contribution is -0.142. The minimum absolute atomic E-state index is 0.0274. The minimum atomic E-state index is -4.72. The average Bonchev–Trinajstić information content (AvgIpc) is 3.36. The lowest BCUT2D eigenvalue weighted by Gasteiger charge is -2.11. The number of carbonyl (C=O) groups excluding carboxylic acids is 1. The zero-order chi connectivity index (χ0) is 21.5. The quantitative estimate of drug-likeness (QED) is 0.618. The van der Waals surface area contributed by atoms with Crippen molar-refractivity contribution in [3.05, 3.63) is 51.8 Å². The third-order valence-electron chi connectivity index (χ3n) is 4.68. The van der Waals surface area contributed by atoms with Crippen LogP contribution in [-0.2, 0) is 10.9 Å². The normalized spacial score (nSPS) is 16.9. The standard InChI is InChI=1S/C19H15Cl2F3N4O2/c20-12-4-3-10(6-13(12)21)14-7-16(19(22,23)24)28-17(26-14)8-15(27-28)18(29)25-9-11-2-1-5-30-11/h3-4,6-8,11H,1-2,5,9H2,(H,25,29)/t11-/m1/s1. The number of carbonyl (C=O) groups is 1. The van der Waals surface area contributed by atoms with Crippen LogP contribution in [0.25, 0.3) is 16.9 Å². The lowest BCUT2D eigenvalue weighted by atomic mass is 10.1. The number of hydrogen-bond donors (Lipinski definition) is 1. The first-order chi connectivity index (χ1) is 14.2. The molecule has 4 rings (SSSR count). The summed E-state index contributed by atoms with van der Waals surface area (Å²) in [5.74, 6) is -0.597. The van der Waals surface area contributed by atoms with Crippen LogP contribution in [0.2, 0.25) is 10.0 Å². The van der Waals surface area contributed by atoms with E-state index in [9.17, 15) is 18.0 Å². The fourth-order valence-corrected chi connectivity index (χ4v) is 3.49. The number of amides is 1. The second kappa shape index (κ2) is 8.05. The molecule has 1 saturated heterocycles. The van der Waals surface area contributed by atoms with Crippen molar-refractivity contribution < 1.29 is 22.7 Å². The van der Waals surface area contributed by atoms with Gasteiger partial charge in [0.05, 0.1) is 21.8 Å². The molecular formula is C19H15Cl2F3N4O2. The molecule has 1 fully saturated rings. The first-order valence-corrected chi connectivity index (χ1v) is 9.81. The molecule has 0 aliphatic carbocycles. The van der Waals surface area contributed by atoms with Gasteiger partial charge < -0.3 is 10.1 Å². The summed E-state index contributed by atoms with van der Waals surface area (Å²) in [5.41, 5.74) is -0.972. The van der Waals surface area contributed by atoms with E-state index in [1.807, 2.05) is 0 Å². The van der Waals surface area contributed by atoms with Crippen LogP contribution in [0, 0.1) is 0 Å². The summed E-state index contributed by atoms with van der Waals surface area (Å²) in [4.78, 5) is 16.6. The first kappa shape index (κ1) is 20.9. The molecule has 0 spiro atoms. The van der Waals surface area contributed by atoms with Crippen LogP contribution in [0.1, 0.15) is 29.0 Å². The number of hydrogen-bond acceptors (Lipinski definition) is 4. The molecule has 11 heteroatoms. The minimum Gasteiger partial charge on any atom is -0.376 e. The Morgan fingerprint density at radius 2 is 2.03 bits per heavy atom. The van der Waals surface area contributed by atoms with Gasteiger partial charge in [0.1, 0.15) is 0 Å². The summed E-state index contributed by atoms with van der Waals surface area (Å²) in [7, 11) is 0. The average molecular weight is 459 g/mol. The fourth-order valence-electron chi connectivity index (χ4n) is 3.19. The Hall–Kier alpha value is -2.36. The van der Waals surface area contributed by atoms with Crippen LogP contribution >= 0.6 is 23.2 Å². The van der Waals surface area contributed by atoms with E-state index in [1.54, 1.807) is 0 Å². The van der Waals surface area contributed by atoms with Crippen molar-refractivity contribution in [2.24, 2.45) is 0 Å². The summed E-state index contributed by atoms with van der Waals surface area (Å²) in [6.45, 7) is 0.895. The molecule has 3 aromatic rings. The van der Waals surface area contributed by atoms with E-state index < -0.39 is 17.8 Å². The molecule has 30 heavy (non-hydrogen) atoms. The highest BCUT2D eigenvalue weighted by molar-refractivity contribution is 6.42. The molecular weight excluding hydrogens is 444 g/mol. The maximum atomic E-state index is 13.7. The molecule has 1 aliphatic rings. The Balaban J connectivity index is 1.72. The van der Waals surface area contributed by atoms with Crippen molar-refractivity contribution in [3.8, 4) is 11.3 Å². The van der Waals surface area contributed by atoms with E-state index in [4.69, 9.17) is 27.9 Å². The highest BCUT2D eigenvalue weighted by Crippen LogP contribution is 2.34. The summed E-state index contributed by atoms with van der Waals surface area (Å²) >= 11 is 11.9. The first-order valence-electron chi connectivity index (χ1n) is 9.05. The number of halogens is 5. The van der Waals surface area contributed by atoms with Gasteiger partial charge in [-0.05, 0) is 31.0 Å². The zero-order valence-electron chi connectivity index (χ0n) is 15.3. The third kappa shape index (κ3) is 4.23. The highest BCUT2D eigenvalue weighted by Gasteiger charge is 2.35. The number of nitrogens with zero attached hydrogens (tertiary/aromatic N) is 3. The molecule has 0 radical (unpaired) electrons.